The highest BCUT2D eigenvalue weighted by atomic mass is 16.2. The number of carbonyl (C=O) groups is 1. The van der Waals surface area contributed by atoms with Gasteiger partial charge in [0, 0.05) is 12.2 Å². The third kappa shape index (κ3) is 1.70. The van der Waals surface area contributed by atoms with Gasteiger partial charge in [-0.2, -0.15) is 5.26 Å². The first-order valence-corrected chi connectivity index (χ1v) is 6.08. The van der Waals surface area contributed by atoms with Crippen molar-refractivity contribution in [3.63, 3.8) is 0 Å². The molecule has 0 saturated heterocycles. The first kappa shape index (κ1) is 10.3. The van der Waals surface area contributed by atoms with Crippen LogP contribution in [0.25, 0.3) is 0 Å². The lowest BCUT2D eigenvalue weighted by Crippen LogP contribution is -2.30. The zero-order valence-electron chi connectivity index (χ0n) is 9.60. The van der Waals surface area contributed by atoms with Crippen molar-refractivity contribution >= 4 is 11.6 Å². The van der Waals surface area contributed by atoms with Gasteiger partial charge >= 0.3 is 0 Å². The van der Waals surface area contributed by atoms with Crippen LogP contribution in [0.1, 0.15) is 30.7 Å². The number of nitrogens with zero attached hydrogens (tertiary/aromatic N) is 2. The van der Waals surface area contributed by atoms with Gasteiger partial charge < -0.3 is 4.90 Å². The summed E-state index contributed by atoms with van der Waals surface area (Å²) in [6, 6.07) is 9.99. The molecule has 1 heterocycles. The quantitative estimate of drug-likeness (QED) is 0.794. The van der Waals surface area contributed by atoms with E-state index in [2.05, 4.69) is 6.07 Å². The van der Waals surface area contributed by atoms with E-state index in [0.29, 0.717) is 5.92 Å². The summed E-state index contributed by atoms with van der Waals surface area (Å²) in [5.74, 6) is 0.544. The number of hydrogen-bond donors (Lipinski definition) is 0. The van der Waals surface area contributed by atoms with E-state index in [1.807, 2.05) is 29.2 Å². The van der Waals surface area contributed by atoms with Crippen molar-refractivity contribution in [2.24, 2.45) is 5.92 Å². The Bertz CT molecular complexity index is 499. The Morgan fingerprint density at radius 1 is 1.35 bits per heavy atom. The molecule has 1 aromatic carbocycles. The second-order valence-electron chi connectivity index (χ2n) is 4.87. The lowest BCUT2D eigenvalue weighted by atomic mass is 9.98. The molecule has 3 heteroatoms. The third-order valence-electron chi connectivity index (χ3n) is 3.60. The average Bonchev–Trinajstić information content (AvgIpc) is 3.12. The minimum absolute atomic E-state index is 0.111. The Balaban J connectivity index is 1.96. The number of fused-ring (bicyclic) bond motifs is 1. The van der Waals surface area contributed by atoms with Crippen LogP contribution < -0.4 is 4.90 Å². The van der Waals surface area contributed by atoms with Crippen LogP contribution in [0.3, 0.4) is 0 Å². The van der Waals surface area contributed by atoms with Crippen LogP contribution >= 0.6 is 0 Å². The summed E-state index contributed by atoms with van der Waals surface area (Å²) in [6.45, 7) is 0.831. The Labute approximate surface area is 101 Å². The van der Waals surface area contributed by atoms with E-state index in [9.17, 15) is 4.79 Å². The van der Waals surface area contributed by atoms with Crippen LogP contribution in [0.4, 0.5) is 5.69 Å². The summed E-state index contributed by atoms with van der Waals surface area (Å²) < 4.78 is 0. The lowest BCUT2D eigenvalue weighted by Gasteiger charge is -2.17. The SMILES string of the molecule is N#CC[C@H]1C(=O)N(CC2CC2)c2ccccc21. The van der Waals surface area contributed by atoms with Gasteiger partial charge in [0.2, 0.25) is 5.91 Å². The number of benzene rings is 1. The molecule has 0 N–H and O–H groups in total. The molecule has 17 heavy (non-hydrogen) atoms. The predicted octanol–water partition coefficient (Wildman–Crippen LogP) is 2.44. The highest BCUT2D eigenvalue weighted by Crippen LogP contribution is 2.41. The largest absolute Gasteiger partial charge is 0.311 e. The molecule has 1 aromatic rings. The number of anilines is 1. The Morgan fingerprint density at radius 3 is 2.82 bits per heavy atom. The molecule has 0 unspecified atom stereocenters. The fraction of sp³-hybridized carbons (Fsp3) is 0.429. The first-order valence-electron chi connectivity index (χ1n) is 6.08. The highest BCUT2D eigenvalue weighted by Gasteiger charge is 2.39. The van der Waals surface area contributed by atoms with E-state index in [1.54, 1.807) is 0 Å². The Morgan fingerprint density at radius 2 is 2.12 bits per heavy atom. The molecule has 3 nitrogen and oxygen atoms in total. The van der Waals surface area contributed by atoms with E-state index in [1.165, 1.54) is 12.8 Å². The second-order valence-corrected chi connectivity index (χ2v) is 4.87. The molecule has 2 aliphatic rings. The Kier molecular flexibility index (Phi) is 2.36. The van der Waals surface area contributed by atoms with Crippen LogP contribution in [-0.4, -0.2) is 12.5 Å². The molecule has 3 rings (SSSR count). The zero-order valence-corrected chi connectivity index (χ0v) is 9.60. The third-order valence-corrected chi connectivity index (χ3v) is 3.60. The van der Waals surface area contributed by atoms with Crippen LogP contribution in [0, 0.1) is 17.2 Å². The van der Waals surface area contributed by atoms with Crippen molar-refractivity contribution in [3.05, 3.63) is 29.8 Å². The van der Waals surface area contributed by atoms with Crippen molar-refractivity contribution in [1.82, 2.24) is 0 Å². The maximum atomic E-state index is 12.3. The van der Waals surface area contributed by atoms with E-state index in [4.69, 9.17) is 5.26 Å². The minimum atomic E-state index is -0.241. The standard InChI is InChI=1S/C14H14N2O/c15-8-7-12-11-3-1-2-4-13(11)16(14(12)17)9-10-5-6-10/h1-4,10,12H,5-7,9H2/t12-/m1/s1. The van der Waals surface area contributed by atoms with Crippen LogP contribution in [0.2, 0.25) is 0 Å². The van der Waals surface area contributed by atoms with Gasteiger partial charge in [-0.3, -0.25) is 4.79 Å². The highest BCUT2D eigenvalue weighted by molar-refractivity contribution is 6.05. The van der Waals surface area contributed by atoms with Gasteiger partial charge in [-0.25, -0.2) is 0 Å². The molecule has 1 atom stereocenters. The van der Waals surface area contributed by atoms with Crippen molar-refractivity contribution in [1.29, 1.82) is 5.26 Å². The topological polar surface area (TPSA) is 44.1 Å². The predicted molar refractivity (Wildman–Crippen MR) is 64.5 cm³/mol. The number of rotatable bonds is 3. The molecular weight excluding hydrogens is 212 g/mol. The summed E-state index contributed by atoms with van der Waals surface area (Å²) in [5.41, 5.74) is 2.05. The van der Waals surface area contributed by atoms with Gasteiger partial charge in [-0.15, -0.1) is 0 Å². The monoisotopic (exact) mass is 226 g/mol. The number of amides is 1. The maximum absolute atomic E-state index is 12.3. The number of hydrogen-bond acceptors (Lipinski definition) is 2. The fourth-order valence-corrected chi connectivity index (χ4v) is 2.50. The van der Waals surface area contributed by atoms with Crippen molar-refractivity contribution in [3.8, 4) is 6.07 Å². The molecule has 1 aliphatic heterocycles. The van der Waals surface area contributed by atoms with E-state index >= 15 is 0 Å². The molecule has 1 fully saturated rings. The number of carbonyl (C=O) groups excluding carboxylic acids is 1. The molecule has 0 aromatic heterocycles. The van der Waals surface area contributed by atoms with Gasteiger partial charge in [-0.1, -0.05) is 18.2 Å². The normalized spacial score (nSPS) is 22.4. The van der Waals surface area contributed by atoms with Gasteiger partial charge in [-0.05, 0) is 30.4 Å². The second kappa shape index (κ2) is 3.89. The zero-order chi connectivity index (χ0) is 11.8. The molecule has 1 aliphatic carbocycles. The summed E-state index contributed by atoms with van der Waals surface area (Å²) in [5, 5.41) is 8.83. The van der Waals surface area contributed by atoms with Gasteiger partial charge in [0.1, 0.15) is 0 Å². The fourth-order valence-electron chi connectivity index (χ4n) is 2.50. The van der Waals surface area contributed by atoms with E-state index in [-0.39, 0.29) is 18.2 Å². The van der Waals surface area contributed by atoms with Gasteiger partial charge in [0.05, 0.1) is 18.4 Å². The molecule has 1 saturated carbocycles. The average molecular weight is 226 g/mol. The molecular formula is C14H14N2O. The van der Waals surface area contributed by atoms with Crippen molar-refractivity contribution < 1.29 is 4.79 Å². The maximum Gasteiger partial charge on any atom is 0.235 e. The summed E-state index contributed by atoms with van der Waals surface area (Å²) in [4.78, 5) is 14.2. The summed E-state index contributed by atoms with van der Waals surface area (Å²) in [6.07, 6.45) is 2.75. The minimum Gasteiger partial charge on any atom is -0.311 e. The number of para-hydroxylation sites is 1. The smallest absolute Gasteiger partial charge is 0.235 e. The molecule has 86 valence electrons. The Hall–Kier alpha value is -1.82. The van der Waals surface area contributed by atoms with Crippen molar-refractivity contribution in [2.75, 3.05) is 11.4 Å². The molecule has 0 spiro atoms. The van der Waals surface area contributed by atoms with Crippen molar-refractivity contribution in [2.45, 2.75) is 25.2 Å². The number of nitriles is 1. The van der Waals surface area contributed by atoms with E-state index < -0.39 is 0 Å². The molecule has 0 bridgehead atoms. The summed E-state index contributed by atoms with van der Waals surface area (Å²) >= 11 is 0. The van der Waals surface area contributed by atoms with Gasteiger partial charge in [0.15, 0.2) is 0 Å². The van der Waals surface area contributed by atoms with Gasteiger partial charge in [0.25, 0.3) is 0 Å². The first-order chi connectivity index (χ1) is 8.31. The van der Waals surface area contributed by atoms with Crippen LogP contribution in [-0.2, 0) is 4.79 Å². The van der Waals surface area contributed by atoms with E-state index in [0.717, 1.165) is 17.8 Å². The molecule has 0 radical (unpaired) electrons. The van der Waals surface area contributed by atoms with Crippen LogP contribution in [0.5, 0.6) is 0 Å². The lowest BCUT2D eigenvalue weighted by molar-refractivity contribution is -0.119. The summed E-state index contributed by atoms with van der Waals surface area (Å²) in [7, 11) is 0. The molecule has 1 amide bonds. The van der Waals surface area contributed by atoms with Crippen LogP contribution in [0.15, 0.2) is 24.3 Å².